The van der Waals surface area contributed by atoms with Gasteiger partial charge in [0.2, 0.25) is 0 Å². The summed E-state index contributed by atoms with van der Waals surface area (Å²) in [5, 5.41) is 7.66. The summed E-state index contributed by atoms with van der Waals surface area (Å²) in [7, 11) is 0. The molecule has 0 fully saturated rings. The van der Waals surface area contributed by atoms with Crippen molar-refractivity contribution in [2.75, 3.05) is 18.4 Å². The van der Waals surface area contributed by atoms with E-state index in [-0.39, 0.29) is 5.91 Å². The number of nitrogens with one attached hydrogen (secondary N) is 3. The Hall–Kier alpha value is -2.63. The van der Waals surface area contributed by atoms with Gasteiger partial charge in [-0.15, -0.1) is 6.58 Å². The molecule has 6 heteroatoms. The van der Waals surface area contributed by atoms with Crippen molar-refractivity contribution in [1.82, 2.24) is 10.6 Å². The highest BCUT2D eigenvalue weighted by atomic mass is 16.2. The molecule has 0 bridgehead atoms. The van der Waals surface area contributed by atoms with Crippen LogP contribution in [0, 0.1) is 0 Å². The van der Waals surface area contributed by atoms with Gasteiger partial charge in [0.25, 0.3) is 5.91 Å². The molecule has 23 heavy (non-hydrogen) atoms. The van der Waals surface area contributed by atoms with E-state index in [0.29, 0.717) is 24.3 Å². The van der Waals surface area contributed by atoms with Gasteiger partial charge in [-0.25, -0.2) is 0 Å². The number of carbonyl (C=O) groups is 3. The topological polar surface area (TPSA) is 87.3 Å². The average Bonchev–Trinajstić information content (AvgIpc) is 2.56. The van der Waals surface area contributed by atoms with E-state index >= 15 is 0 Å². The normalized spacial score (nSPS) is 9.78. The molecule has 0 aliphatic rings. The van der Waals surface area contributed by atoms with Crippen LogP contribution in [0.5, 0.6) is 0 Å². The van der Waals surface area contributed by atoms with Gasteiger partial charge in [0.1, 0.15) is 0 Å². The third-order valence-electron chi connectivity index (χ3n) is 3.10. The monoisotopic (exact) mass is 317 g/mol. The van der Waals surface area contributed by atoms with Crippen molar-refractivity contribution in [3.05, 3.63) is 42.5 Å². The van der Waals surface area contributed by atoms with E-state index in [1.54, 1.807) is 30.3 Å². The Morgan fingerprint density at radius 3 is 2.52 bits per heavy atom. The summed E-state index contributed by atoms with van der Waals surface area (Å²) in [6, 6.07) is 6.51. The molecule has 6 nitrogen and oxygen atoms in total. The second kappa shape index (κ2) is 10.2. The number of rotatable bonds is 8. The summed E-state index contributed by atoms with van der Waals surface area (Å²) in [6.07, 6.45) is 4.42. The fourth-order valence-electron chi connectivity index (χ4n) is 1.89. The highest BCUT2D eigenvalue weighted by Crippen LogP contribution is 2.14. The number of para-hydroxylation sites is 1. The largest absolute Gasteiger partial charge is 0.349 e. The van der Waals surface area contributed by atoms with Crippen LogP contribution in [0.15, 0.2) is 36.9 Å². The first kappa shape index (κ1) is 18.4. The Balaban J connectivity index is 2.65. The Morgan fingerprint density at radius 1 is 1.09 bits per heavy atom. The molecule has 124 valence electrons. The van der Waals surface area contributed by atoms with Gasteiger partial charge in [0, 0.05) is 13.1 Å². The minimum atomic E-state index is -0.787. The zero-order valence-corrected chi connectivity index (χ0v) is 13.4. The van der Waals surface area contributed by atoms with Gasteiger partial charge < -0.3 is 16.0 Å². The average molecular weight is 317 g/mol. The van der Waals surface area contributed by atoms with Crippen molar-refractivity contribution in [3.63, 3.8) is 0 Å². The lowest BCUT2D eigenvalue weighted by Gasteiger charge is -2.10. The lowest BCUT2D eigenvalue weighted by Crippen LogP contribution is -2.36. The number of anilines is 1. The maximum Gasteiger partial charge on any atom is 0.313 e. The highest BCUT2D eigenvalue weighted by Gasteiger charge is 2.17. The maximum atomic E-state index is 12.0. The summed E-state index contributed by atoms with van der Waals surface area (Å²) in [4.78, 5) is 35.6. The van der Waals surface area contributed by atoms with Crippen LogP contribution in [0.1, 0.15) is 36.5 Å². The molecule has 0 saturated carbocycles. The molecule has 0 spiro atoms. The van der Waals surface area contributed by atoms with Gasteiger partial charge in [-0.3, -0.25) is 14.4 Å². The fourth-order valence-corrected chi connectivity index (χ4v) is 1.89. The molecule has 0 saturated heterocycles. The van der Waals surface area contributed by atoms with Crippen molar-refractivity contribution in [1.29, 1.82) is 0 Å². The Morgan fingerprint density at radius 2 is 1.83 bits per heavy atom. The molecule has 0 radical (unpaired) electrons. The summed E-state index contributed by atoms with van der Waals surface area (Å²) >= 11 is 0. The first-order chi connectivity index (χ1) is 11.1. The molecule has 3 N–H and O–H groups in total. The van der Waals surface area contributed by atoms with Crippen LogP contribution >= 0.6 is 0 Å². The first-order valence-corrected chi connectivity index (χ1v) is 7.67. The molecular formula is C17H23N3O3. The van der Waals surface area contributed by atoms with Crippen LogP contribution in [0.25, 0.3) is 0 Å². The van der Waals surface area contributed by atoms with Crippen LogP contribution < -0.4 is 16.0 Å². The zero-order valence-electron chi connectivity index (χ0n) is 13.4. The lowest BCUT2D eigenvalue weighted by atomic mass is 10.1. The minimum absolute atomic E-state index is 0.293. The quantitative estimate of drug-likeness (QED) is 0.388. The van der Waals surface area contributed by atoms with E-state index in [1.807, 2.05) is 0 Å². The molecular weight excluding hydrogens is 294 g/mol. The minimum Gasteiger partial charge on any atom is -0.349 e. The molecule has 0 unspecified atom stereocenters. The number of hydrogen-bond acceptors (Lipinski definition) is 3. The van der Waals surface area contributed by atoms with E-state index < -0.39 is 11.8 Å². The Bertz CT molecular complexity index is 570. The smallest absolute Gasteiger partial charge is 0.313 e. The zero-order chi connectivity index (χ0) is 17.1. The second-order valence-corrected chi connectivity index (χ2v) is 4.96. The van der Waals surface area contributed by atoms with Crippen molar-refractivity contribution >= 4 is 23.4 Å². The highest BCUT2D eigenvalue weighted by molar-refractivity contribution is 6.40. The molecule has 0 atom stereocenters. The fraction of sp³-hybridized carbons (Fsp3) is 0.353. The number of benzene rings is 1. The van der Waals surface area contributed by atoms with Crippen LogP contribution in [-0.4, -0.2) is 30.8 Å². The van der Waals surface area contributed by atoms with Crippen LogP contribution in [0.2, 0.25) is 0 Å². The van der Waals surface area contributed by atoms with Crippen molar-refractivity contribution in [2.24, 2.45) is 0 Å². The third kappa shape index (κ3) is 6.34. The van der Waals surface area contributed by atoms with Gasteiger partial charge in [0.15, 0.2) is 0 Å². The second-order valence-electron chi connectivity index (χ2n) is 4.96. The molecule has 3 amide bonds. The van der Waals surface area contributed by atoms with Gasteiger partial charge in [-0.05, 0) is 18.6 Å². The van der Waals surface area contributed by atoms with E-state index in [1.165, 1.54) is 0 Å². The molecule has 0 aliphatic carbocycles. The summed E-state index contributed by atoms with van der Waals surface area (Å²) in [5.74, 6) is -1.84. The molecule has 1 aromatic rings. The number of carbonyl (C=O) groups excluding carboxylic acids is 3. The van der Waals surface area contributed by atoms with Crippen LogP contribution in [0.4, 0.5) is 5.69 Å². The molecule has 0 heterocycles. The third-order valence-corrected chi connectivity index (χ3v) is 3.10. The number of unbranched alkanes of at least 4 members (excludes halogenated alkanes) is 2. The number of hydrogen-bond donors (Lipinski definition) is 3. The summed E-state index contributed by atoms with van der Waals surface area (Å²) in [6.45, 7) is 6.36. The molecule has 0 aromatic heterocycles. The van der Waals surface area contributed by atoms with E-state index in [9.17, 15) is 14.4 Å². The molecule has 0 aliphatic heterocycles. The van der Waals surface area contributed by atoms with Crippen molar-refractivity contribution < 1.29 is 14.4 Å². The predicted octanol–water partition coefficient (Wildman–Crippen LogP) is 1.85. The molecule has 1 aromatic carbocycles. The Labute approximate surface area is 136 Å². The van der Waals surface area contributed by atoms with E-state index in [0.717, 1.165) is 19.3 Å². The first-order valence-electron chi connectivity index (χ1n) is 7.67. The molecule has 1 rings (SSSR count). The van der Waals surface area contributed by atoms with E-state index in [2.05, 4.69) is 29.5 Å². The SMILES string of the molecule is C=CCNC(=O)c1ccccc1NC(=O)C(=O)NCCCCC. The lowest BCUT2D eigenvalue weighted by molar-refractivity contribution is -0.136. The Kier molecular flexibility index (Phi) is 8.13. The van der Waals surface area contributed by atoms with Crippen LogP contribution in [-0.2, 0) is 9.59 Å². The van der Waals surface area contributed by atoms with Gasteiger partial charge >= 0.3 is 11.8 Å². The summed E-state index contributed by atoms with van der Waals surface area (Å²) < 4.78 is 0. The maximum absolute atomic E-state index is 12.0. The summed E-state index contributed by atoms with van der Waals surface area (Å²) in [5.41, 5.74) is 0.587. The van der Waals surface area contributed by atoms with Crippen LogP contribution in [0.3, 0.4) is 0 Å². The standard InChI is InChI=1S/C17H23N3O3/c1-3-5-8-12-19-16(22)17(23)20-14-10-7-6-9-13(14)15(21)18-11-4-2/h4,6-7,9-10H,2-3,5,8,11-12H2,1H3,(H,18,21)(H,19,22)(H,20,23). The van der Waals surface area contributed by atoms with Gasteiger partial charge in [0.05, 0.1) is 11.3 Å². The van der Waals surface area contributed by atoms with Gasteiger partial charge in [-0.2, -0.15) is 0 Å². The predicted molar refractivity (Wildman–Crippen MR) is 90.1 cm³/mol. The van der Waals surface area contributed by atoms with Crippen molar-refractivity contribution in [2.45, 2.75) is 26.2 Å². The number of amides is 3. The van der Waals surface area contributed by atoms with E-state index in [4.69, 9.17) is 0 Å². The van der Waals surface area contributed by atoms with Crippen molar-refractivity contribution in [3.8, 4) is 0 Å². The van der Waals surface area contributed by atoms with Gasteiger partial charge in [-0.1, -0.05) is 38.0 Å².